The zero-order valence-electron chi connectivity index (χ0n) is 9.60. The van der Waals surface area contributed by atoms with Gasteiger partial charge in [-0.05, 0) is 58.7 Å². The Kier molecular flexibility index (Phi) is 3.34. The van der Waals surface area contributed by atoms with E-state index in [1.807, 2.05) is 0 Å². The minimum atomic E-state index is 0.521. The van der Waals surface area contributed by atoms with Gasteiger partial charge in [0.25, 0.3) is 0 Å². The Morgan fingerprint density at radius 1 is 1.24 bits per heavy atom. The third kappa shape index (κ3) is 2.34. The van der Waals surface area contributed by atoms with Crippen molar-refractivity contribution >= 4 is 27.3 Å². The number of halogens is 1. The van der Waals surface area contributed by atoms with Gasteiger partial charge >= 0.3 is 0 Å². The number of rotatable bonds is 2. The van der Waals surface area contributed by atoms with Crippen LogP contribution in [-0.2, 0) is 12.8 Å². The van der Waals surface area contributed by atoms with Gasteiger partial charge in [-0.15, -0.1) is 0 Å². The molecule has 2 unspecified atom stereocenters. The minimum Gasteiger partial charge on any atom is -0.152 e. The van der Waals surface area contributed by atoms with Gasteiger partial charge in [0.1, 0.15) is 0 Å². The molecule has 0 aliphatic heterocycles. The van der Waals surface area contributed by atoms with E-state index in [0.717, 1.165) is 5.92 Å². The van der Waals surface area contributed by atoms with E-state index >= 15 is 0 Å². The smallest absolute Gasteiger partial charge is 0.0429 e. The minimum absolute atomic E-state index is 0.521. The molecule has 0 spiro atoms. The Morgan fingerprint density at radius 3 is 2.94 bits per heavy atom. The highest BCUT2D eigenvalue weighted by atomic mass is 79.9. The van der Waals surface area contributed by atoms with Gasteiger partial charge < -0.3 is 0 Å². The molecule has 1 aromatic heterocycles. The van der Waals surface area contributed by atoms with Crippen molar-refractivity contribution in [2.24, 2.45) is 5.92 Å². The summed E-state index contributed by atoms with van der Waals surface area (Å²) in [5, 5.41) is 4.45. The lowest BCUT2D eigenvalue weighted by Gasteiger charge is -2.29. The summed E-state index contributed by atoms with van der Waals surface area (Å²) < 4.78 is 0. The van der Waals surface area contributed by atoms with Gasteiger partial charge in [-0.1, -0.05) is 40.2 Å². The summed E-state index contributed by atoms with van der Waals surface area (Å²) in [5.41, 5.74) is 4.51. The predicted octanol–water partition coefficient (Wildman–Crippen LogP) is 4.99. The Hall–Kier alpha value is -0.600. The summed E-state index contributed by atoms with van der Waals surface area (Å²) >= 11 is 5.70. The molecule has 0 fully saturated rings. The van der Waals surface area contributed by atoms with Crippen LogP contribution in [0.25, 0.3) is 0 Å². The van der Waals surface area contributed by atoms with Crippen molar-refractivity contribution in [3.05, 3.63) is 57.8 Å². The summed E-state index contributed by atoms with van der Waals surface area (Å²) in [6.07, 6.45) is 3.73. The molecule has 88 valence electrons. The zero-order valence-corrected chi connectivity index (χ0v) is 12.0. The largest absolute Gasteiger partial charge is 0.152 e. The molecular weight excluding hydrogens is 292 g/mol. The lowest BCUT2D eigenvalue weighted by atomic mass is 9.81. The van der Waals surface area contributed by atoms with Crippen molar-refractivity contribution in [1.82, 2.24) is 0 Å². The molecule has 0 saturated carbocycles. The van der Waals surface area contributed by atoms with Crippen LogP contribution in [-0.4, -0.2) is 0 Å². The van der Waals surface area contributed by atoms with Crippen molar-refractivity contribution in [2.45, 2.75) is 24.1 Å². The third-order valence-corrected chi connectivity index (χ3v) is 5.60. The average Bonchev–Trinajstić information content (AvgIpc) is 2.86. The summed E-state index contributed by atoms with van der Waals surface area (Å²) in [5.74, 6) is 0.736. The highest BCUT2D eigenvalue weighted by molar-refractivity contribution is 9.09. The first-order chi connectivity index (χ1) is 8.34. The second-order valence-corrected chi connectivity index (χ2v) is 6.50. The SMILES string of the molecule is BrC1c2ccccc2CCC1Cc1ccsc1. The maximum Gasteiger partial charge on any atom is 0.0429 e. The fourth-order valence-corrected chi connectivity index (χ4v) is 4.27. The van der Waals surface area contributed by atoms with Gasteiger partial charge in [0, 0.05) is 4.83 Å². The quantitative estimate of drug-likeness (QED) is 0.686. The molecule has 2 atom stereocenters. The van der Waals surface area contributed by atoms with Gasteiger partial charge in [0.2, 0.25) is 0 Å². The summed E-state index contributed by atoms with van der Waals surface area (Å²) in [7, 11) is 0. The number of benzene rings is 1. The van der Waals surface area contributed by atoms with Gasteiger partial charge in [0.05, 0.1) is 0 Å². The van der Waals surface area contributed by atoms with E-state index in [1.165, 1.54) is 36.0 Å². The van der Waals surface area contributed by atoms with Crippen LogP contribution in [0.15, 0.2) is 41.1 Å². The summed E-state index contributed by atoms with van der Waals surface area (Å²) in [6, 6.07) is 11.1. The number of hydrogen-bond donors (Lipinski definition) is 0. The monoisotopic (exact) mass is 306 g/mol. The van der Waals surface area contributed by atoms with Crippen molar-refractivity contribution in [2.75, 3.05) is 0 Å². The predicted molar refractivity (Wildman–Crippen MR) is 77.9 cm³/mol. The van der Waals surface area contributed by atoms with E-state index in [2.05, 4.69) is 57.0 Å². The van der Waals surface area contributed by atoms with Crippen molar-refractivity contribution in [3.63, 3.8) is 0 Å². The Balaban J connectivity index is 1.82. The van der Waals surface area contributed by atoms with Gasteiger partial charge in [-0.2, -0.15) is 11.3 Å². The van der Waals surface area contributed by atoms with E-state index in [9.17, 15) is 0 Å². The molecule has 0 radical (unpaired) electrons. The second kappa shape index (κ2) is 4.95. The molecule has 1 heterocycles. The van der Waals surface area contributed by atoms with E-state index in [1.54, 1.807) is 11.3 Å². The number of fused-ring (bicyclic) bond motifs is 1. The lowest BCUT2D eigenvalue weighted by molar-refractivity contribution is 0.453. The summed E-state index contributed by atoms with van der Waals surface area (Å²) in [4.78, 5) is 0.521. The van der Waals surface area contributed by atoms with Crippen LogP contribution < -0.4 is 0 Å². The van der Waals surface area contributed by atoms with Crippen LogP contribution in [0.2, 0.25) is 0 Å². The molecule has 1 aromatic carbocycles. The molecular formula is C15H15BrS. The standard InChI is InChI=1S/C15H15BrS/c16-15-13(9-11-7-8-17-10-11)6-5-12-3-1-2-4-14(12)15/h1-4,7-8,10,13,15H,5-6,9H2. The van der Waals surface area contributed by atoms with Gasteiger partial charge in [0.15, 0.2) is 0 Å². The molecule has 1 aliphatic rings. The zero-order chi connectivity index (χ0) is 11.7. The molecule has 3 rings (SSSR count). The fourth-order valence-electron chi connectivity index (χ4n) is 2.69. The first kappa shape index (κ1) is 11.5. The first-order valence-corrected chi connectivity index (χ1v) is 7.93. The molecule has 0 bridgehead atoms. The normalized spacial score (nSPS) is 23.4. The topological polar surface area (TPSA) is 0 Å². The van der Waals surface area contributed by atoms with Crippen LogP contribution in [0.5, 0.6) is 0 Å². The van der Waals surface area contributed by atoms with Crippen LogP contribution in [0.3, 0.4) is 0 Å². The number of thiophene rings is 1. The van der Waals surface area contributed by atoms with Crippen molar-refractivity contribution < 1.29 is 0 Å². The molecule has 0 nitrogen and oxygen atoms in total. The Bertz CT molecular complexity index is 489. The highest BCUT2D eigenvalue weighted by Crippen LogP contribution is 2.42. The number of hydrogen-bond acceptors (Lipinski definition) is 1. The Labute approximate surface area is 115 Å². The van der Waals surface area contributed by atoms with E-state index in [4.69, 9.17) is 0 Å². The molecule has 0 N–H and O–H groups in total. The van der Waals surface area contributed by atoms with E-state index in [0.29, 0.717) is 4.83 Å². The first-order valence-electron chi connectivity index (χ1n) is 6.07. The Morgan fingerprint density at radius 2 is 2.12 bits per heavy atom. The molecule has 1 aliphatic carbocycles. The van der Waals surface area contributed by atoms with Crippen LogP contribution >= 0.6 is 27.3 Å². The third-order valence-electron chi connectivity index (χ3n) is 3.63. The summed E-state index contributed by atoms with van der Waals surface area (Å²) in [6.45, 7) is 0. The lowest BCUT2D eigenvalue weighted by Crippen LogP contribution is -2.18. The maximum atomic E-state index is 3.90. The van der Waals surface area contributed by atoms with Crippen LogP contribution in [0.1, 0.15) is 27.9 Å². The van der Waals surface area contributed by atoms with Crippen LogP contribution in [0.4, 0.5) is 0 Å². The fraction of sp³-hybridized carbons (Fsp3) is 0.333. The molecule has 17 heavy (non-hydrogen) atoms. The van der Waals surface area contributed by atoms with E-state index in [-0.39, 0.29) is 0 Å². The highest BCUT2D eigenvalue weighted by Gasteiger charge is 2.27. The number of aryl methyl sites for hydroxylation is 1. The molecule has 2 aromatic rings. The molecule has 2 heteroatoms. The maximum absolute atomic E-state index is 3.90. The number of alkyl halides is 1. The van der Waals surface area contributed by atoms with Crippen molar-refractivity contribution in [3.8, 4) is 0 Å². The van der Waals surface area contributed by atoms with E-state index < -0.39 is 0 Å². The second-order valence-electron chi connectivity index (χ2n) is 4.74. The molecule has 0 amide bonds. The molecule has 0 saturated heterocycles. The van der Waals surface area contributed by atoms with Gasteiger partial charge in [-0.3, -0.25) is 0 Å². The average molecular weight is 307 g/mol. The van der Waals surface area contributed by atoms with Crippen molar-refractivity contribution in [1.29, 1.82) is 0 Å². The van der Waals surface area contributed by atoms with Crippen LogP contribution in [0, 0.1) is 5.92 Å². The van der Waals surface area contributed by atoms with Gasteiger partial charge in [-0.25, -0.2) is 0 Å².